The molecule has 0 bridgehead atoms. The van der Waals surface area contributed by atoms with Gasteiger partial charge in [0.05, 0.1) is 17.0 Å². The number of hydrogen-bond acceptors (Lipinski definition) is 7. The maximum absolute atomic E-state index is 13.6. The highest BCUT2D eigenvalue weighted by atomic mass is 19.4. The fourth-order valence-corrected chi connectivity index (χ4v) is 5.24. The fourth-order valence-electron chi connectivity index (χ4n) is 5.24. The van der Waals surface area contributed by atoms with E-state index in [-0.39, 0.29) is 24.4 Å². The molecule has 2 aliphatic heterocycles. The number of hydrogen-bond donors (Lipinski definition) is 1. The number of carbonyl (C=O) groups is 1. The van der Waals surface area contributed by atoms with E-state index in [1.165, 1.54) is 24.3 Å². The predicted octanol–water partition coefficient (Wildman–Crippen LogP) is 4.25. The predicted molar refractivity (Wildman–Crippen MR) is 137 cm³/mol. The molecule has 0 aromatic heterocycles. The molecule has 1 N–H and O–H groups in total. The van der Waals surface area contributed by atoms with Gasteiger partial charge >= 0.3 is 12.1 Å². The van der Waals surface area contributed by atoms with E-state index >= 15 is 0 Å². The van der Waals surface area contributed by atoms with Crippen molar-refractivity contribution in [2.75, 3.05) is 52.4 Å². The number of non-ortho nitro benzene ring substituents is 1. The quantitative estimate of drug-likeness (QED) is 0.258. The van der Waals surface area contributed by atoms with Crippen LogP contribution in [0.25, 0.3) is 0 Å². The van der Waals surface area contributed by atoms with E-state index in [9.17, 15) is 32.5 Å². The van der Waals surface area contributed by atoms with Gasteiger partial charge in [-0.3, -0.25) is 24.7 Å². The summed E-state index contributed by atoms with van der Waals surface area (Å²) >= 11 is 0. The second kappa shape index (κ2) is 12.9. The van der Waals surface area contributed by atoms with Crippen molar-refractivity contribution in [3.05, 3.63) is 69.0 Å². The van der Waals surface area contributed by atoms with Crippen LogP contribution >= 0.6 is 0 Å². The van der Waals surface area contributed by atoms with Crippen LogP contribution in [0.15, 0.2) is 36.4 Å². The number of halogens is 4. The Bertz CT molecular complexity index is 1200. The van der Waals surface area contributed by atoms with Gasteiger partial charge in [-0.25, -0.2) is 4.39 Å². The van der Waals surface area contributed by atoms with Gasteiger partial charge in [-0.2, -0.15) is 13.2 Å². The number of nitro groups is 1. The first kappa shape index (κ1) is 29.7. The van der Waals surface area contributed by atoms with Crippen molar-refractivity contribution >= 4 is 11.7 Å². The van der Waals surface area contributed by atoms with Crippen molar-refractivity contribution in [1.29, 1.82) is 0 Å². The van der Waals surface area contributed by atoms with Gasteiger partial charge in [0.15, 0.2) is 0 Å². The Morgan fingerprint density at radius 2 is 1.68 bits per heavy atom. The maximum atomic E-state index is 13.6. The van der Waals surface area contributed by atoms with Gasteiger partial charge in [0.25, 0.3) is 5.69 Å². The Balaban J connectivity index is 1.34. The van der Waals surface area contributed by atoms with Gasteiger partial charge in [-0.15, -0.1) is 0 Å². The molecule has 4 rings (SSSR count). The van der Waals surface area contributed by atoms with Gasteiger partial charge in [-0.1, -0.05) is 6.07 Å². The number of carboxylic acids is 1. The van der Waals surface area contributed by atoms with Gasteiger partial charge < -0.3 is 14.7 Å². The average Bonchev–Trinajstić information content (AvgIpc) is 2.90. The summed E-state index contributed by atoms with van der Waals surface area (Å²) < 4.78 is 58.6. The number of rotatable bonds is 10. The highest BCUT2D eigenvalue weighted by Gasteiger charge is 2.34. The summed E-state index contributed by atoms with van der Waals surface area (Å²) in [6.45, 7) is 5.82. The van der Waals surface area contributed by atoms with Crippen molar-refractivity contribution in [3.63, 3.8) is 0 Å². The molecule has 218 valence electrons. The summed E-state index contributed by atoms with van der Waals surface area (Å²) in [5.41, 5.74) is -0.800. The molecular formula is C27H32F4N4O5. The number of likely N-dealkylation sites (tertiary alicyclic amines) is 1. The van der Waals surface area contributed by atoms with E-state index in [4.69, 9.17) is 9.84 Å². The molecule has 9 nitrogen and oxygen atoms in total. The number of ether oxygens (including phenoxy) is 1. The molecule has 2 aliphatic rings. The van der Waals surface area contributed by atoms with Gasteiger partial charge in [0.1, 0.15) is 18.2 Å². The fraction of sp³-hybridized carbons (Fsp3) is 0.519. The number of aliphatic carboxylic acids is 1. The zero-order chi connectivity index (χ0) is 28.9. The standard InChI is InChI=1S/C27H32F4N4O5/c28-24-3-1-20(13-23(24)27(29,30)31)18-40-25-4-2-22(35(38)39)14-21(25)16-32-7-5-19(6-8-32)15-33-9-11-34(12-10-33)17-26(36)37/h1-4,13-14,19H,5-12,15-18H2,(H,36,37). The average molecular weight is 569 g/mol. The number of alkyl halides is 3. The van der Waals surface area contributed by atoms with E-state index in [1.54, 1.807) is 0 Å². The largest absolute Gasteiger partial charge is 0.489 e. The highest BCUT2D eigenvalue weighted by Crippen LogP contribution is 2.33. The Hall–Kier alpha value is -3.29. The third-order valence-electron chi connectivity index (χ3n) is 7.43. The summed E-state index contributed by atoms with van der Waals surface area (Å²) in [5, 5.41) is 20.3. The van der Waals surface area contributed by atoms with Crippen molar-refractivity contribution in [2.45, 2.75) is 32.2 Å². The van der Waals surface area contributed by atoms with Crippen LogP contribution in [-0.2, 0) is 24.1 Å². The molecule has 2 saturated heterocycles. The molecule has 0 amide bonds. The molecule has 2 aromatic carbocycles. The Labute approximate surface area is 229 Å². The van der Waals surface area contributed by atoms with Gasteiger partial charge in [-0.05, 0) is 55.6 Å². The maximum Gasteiger partial charge on any atom is 0.419 e. The number of piperazine rings is 1. The van der Waals surface area contributed by atoms with E-state index in [1.807, 2.05) is 4.90 Å². The molecular weight excluding hydrogens is 536 g/mol. The van der Waals surface area contributed by atoms with E-state index in [0.717, 1.165) is 64.7 Å². The second-order valence-corrected chi connectivity index (χ2v) is 10.3. The summed E-state index contributed by atoms with van der Waals surface area (Å²) in [7, 11) is 0. The van der Waals surface area contributed by atoms with Crippen molar-refractivity contribution in [2.24, 2.45) is 5.92 Å². The van der Waals surface area contributed by atoms with Crippen molar-refractivity contribution in [3.8, 4) is 5.75 Å². The van der Waals surface area contributed by atoms with Gasteiger partial charge in [0, 0.05) is 57.0 Å². The smallest absolute Gasteiger partial charge is 0.419 e. The van der Waals surface area contributed by atoms with Crippen LogP contribution in [0.5, 0.6) is 5.75 Å². The lowest BCUT2D eigenvalue weighted by molar-refractivity contribution is -0.385. The molecule has 2 heterocycles. The summed E-state index contributed by atoms with van der Waals surface area (Å²) in [6, 6.07) is 6.82. The Morgan fingerprint density at radius 3 is 2.30 bits per heavy atom. The topological polar surface area (TPSA) is 99.4 Å². The van der Waals surface area contributed by atoms with Crippen LogP contribution in [0, 0.1) is 21.8 Å². The minimum Gasteiger partial charge on any atom is -0.489 e. The molecule has 0 atom stereocenters. The Morgan fingerprint density at radius 1 is 1.00 bits per heavy atom. The van der Waals surface area contributed by atoms with E-state index in [2.05, 4.69) is 9.80 Å². The summed E-state index contributed by atoms with van der Waals surface area (Å²) in [4.78, 5) is 28.3. The number of benzene rings is 2. The summed E-state index contributed by atoms with van der Waals surface area (Å²) in [6.07, 6.45) is -2.95. The number of carboxylic acid groups (broad SMARTS) is 1. The number of piperidine rings is 1. The molecule has 2 fully saturated rings. The number of nitro benzene ring substituents is 1. The zero-order valence-electron chi connectivity index (χ0n) is 21.9. The van der Waals surface area contributed by atoms with E-state index < -0.39 is 28.4 Å². The third-order valence-corrected chi connectivity index (χ3v) is 7.43. The highest BCUT2D eigenvalue weighted by molar-refractivity contribution is 5.69. The number of nitrogens with zero attached hydrogens (tertiary/aromatic N) is 4. The lowest BCUT2D eigenvalue weighted by Gasteiger charge is -2.38. The molecule has 2 aromatic rings. The van der Waals surface area contributed by atoms with Crippen LogP contribution in [0.2, 0.25) is 0 Å². The third kappa shape index (κ3) is 8.12. The monoisotopic (exact) mass is 568 g/mol. The second-order valence-electron chi connectivity index (χ2n) is 10.3. The lowest BCUT2D eigenvalue weighted by atomic mass is 9.95. The zero-order valence-corrected chi connectivity index (χ0v) is 21.9. The van der Waals surface area contributed by atoms with Crippen LogP contribution in [0.4, 0.5) is 23.2 Å². The van der Waals surface area contributed by atoms with Crippen LogP contribution in [0.3, 0.4) is 0 Å². The van der Waals surface area contributed by atoms with Gasteiger partial charge in [0.2, 0.25) is 0 Å². The van der Waals surface area contributed by atoms with Crippen molar-refractivity contribution in [1.82, 2.24) is 14.7 Å². The summed E-state index contributed by atoms with van der Waals surface area (Å²) in [5.74, 6) is -1.37. The molecule has 40 heavy (non-hydrogen) atoms. The molecule has 0 saturated carbocycles. The first-order valence-corrected chi connectivity index (χ1v) is 13.1. The van der Waals surface area contributed by atoms with Crippen LogP contribution < -0.4 is 4.74 Å². The van der Waals surface area contributed by atoms with E-state index in [0.29, 0.717) is 29.8 Å². The molecule has 13 heteroatoms. The van der Waals surface area contributed by atoms with Crippen LogP contribution in [-0.4, -0.2) is 83.1 Å². The first-order valence-electron chi connectivity index (χ1n) is 13.1. The minimum atomic E-state index is -4.83. The van der Waals surface area contributed by atoms with Crippen LogP contribution in [0.1, 0.15) is 29.5 Å². The molecule has 0 radical (unpaired) electrons. The molecule has 0 unspecified atom stereocenters. The lowest BCUT2D eigenvalue weighted by Crippen LogP contribution is -2.49. The molecule has 0 spiro atoms. The molecule has 0 aliphatic carbocycles. The first-order chi connectivity index (χ1) is 19.0. The minimum absolute atomic E-state index is 0.0636. The Kier molecular flexibility index (Phi) is 9.59. The SMILES string of the molecule is O=C(O)CN1CCN(CC2CCN(Cc3cc([N+](=O)[O-])ccc3OCc3ccc(F)c(C(F)(F)F)c3)CC2)CC1. The normalized spacial score (nSPS) is 18.1. The van der Waals surface area contributed by atoms with Crippen molar-refractivity contribution < 1.29 is 37.1 Å².